The fourth-order valence-electron chi connectivity index (χ4n) is 3.52. The largest absolute Gasteiger partial charge is 0.494 e. The van der Waals surface area contributed by atoms with Crippen LogP contribution < -0.4 is 20.1 Å². The molecule has 0 fully saturated rings. The highest BCUT2D eigenvalue weighted by Gasteiger charge is 2.15. The normalized spacial score (nSPS) is 10.9. The molecule has 0 unspecified atom stereocenters. The maximum absolute atomic E-state index is 13.8. The van der Waals surface area contributed by atoms with Crippen LogP contribution >= 0.6 is 0 Å². The van der Waals surface area contributed by atoms with Crippen molar-refractivity contribution in [1.29, 1.82) is 0 Å². The highest BCUT2D eigenvalue weighted by Crippen LogP contribution is 2.38. The molecule has 0 saturated carbocycles. The summed E-state index contributed by atoms with van der Waals surface area (Å²) in [5, 5.41) is 6.00. The summed E-state index contributed by atoms with van der Waals surface area (Å²) in [6.07, 6.45) is 6.21. The fraction of sp³-hybridized carbons (Fsp3) is 0.192. The van der Waals surface area contributed by atoms with Gasteiger partial charge in [-0.3, -0.25) is 9.20 Å². The van der Waals surface area contributed by atoms with E-state index in [1.54, 1.807) is 43.9 Å². The Morgan fingerprint density at radius 3 is 2.72 bits per heavy atom. The van der Waals surface area contributed by atoms with Gasteiger partial charge in [0.15, 0.2) is 5.65 Å². The second-order valence-electron chi connectivity index (χ2n) is 8.17. The minimum Gasteiger partial charge on any atom is -0.494 e. The van der Waals surface area contributed by atoms with Crippen molar-refractivity contribution in [2.45, 2.75) is 0 Å². The lowest BCUT2D eigenvalue weighted by molar-refractivity contribution is -0.111. The zero-order valence-electron chi connectivity index (χ0n) is 20.3. The lowest BCUT2D eigenvalue weighted by Crippen LogP contribution is -2.20. The quantitative estimate of drug-likeness (QED) is 0.319. The Kier molecular flexibility index (Phi) is 7.45. The zero-order valence-corrected chi connectivity index (χ0v) is 20.3. The van der Waals surface area contributed by atoms with Crippen LogP contribution in [0.3, 0.4) is 0 Å². The van der Waals surface area contributed by atoms with Gasteiger partial charge < -0.3 is 25.0 Å². The molecule has 36 heavy (non-hydrogen) atoms. The third-order valence-corrected chi connectivity index (χ3v) is 5.32. The number of aromatic nitrogens is 3. The van der Waals surface area contributed by atoms with Crippen molar-refractivity contribution in [3.8, 4) is 22.8 Å². The van der Waals surface area contributed by atoms with E-state index in [0.717, 1.165) is 0 Å². The molecular formula is C26H27FN6O3. The van der Waals surface area contributed by atoms with E-state index in [2.05, 4.69) is 27.2 Å². The molecule has 1 amide bonds. The molecule has 0 aliphatic rings. The molecule has 10 heteroatoms. The number of carbonyl (C=O) groups is 1. The number of amides is 1. The number of rotatable bonds is 10. The van der Waals surface area contributed by atoms with E-state index in [0.29, 0.717) is 58.7 Å². The summed E-state index contributed by atoms with van der Waals surface area (Å²) in [6.45, 7) is 4.63. The van der Waals surface area contributed by atoms with Crippen LogP contribution in [0.2, 0.25) is 0 Å². The Bertz CT molecular complexity index is 1400. The molecule has 4 aromatic rings. The Morgan fingerprint density at radius 1 is 1.17 bits per heavy atom. The van der Waals surface area contributed by atoms with Crippen molar-refractivity contribution in [3.05, 3.63) is 73.5 Å². The Balaban J connectivity index is 1.69. The van der Waals surface area contributed by atoms with E-state index in [1.165, 1.54) is 18.2 Å². The van der Waals surface area contributed by atoms with Gasteiger partial charge in [-0.2, -0.15) is 0 Å². The Hall–Kier alpha value is -4.44. The molecule has 0 aliphatic carbocycles. The number of imidazole rings is 1. The maximum atomic E-state index is 13.8. The number of anilines is 3. The van der Waals surface area contributed by atoms with Crippen LogP contribution in [0.4, 0.5) is 21.6 Å². The number of halogens is 1. The van der Waals surface area contributed by atoms with Gasteiger partial charge in [0, 0.05) is 18.2 Å². The number of hydrogen-bond acceptors (Lipinski definition) is 7. The summed E-state index contributed by atoms with van der Waals surface area (Å²) in [5.41, 5.74) is 3.01. The molecule has 0 saturated heterocycles. The predicted octanol–water partition coefficient (Wildman–Crippen LogP) is 4.35. The second-order valence-corrected chi connectivity index (χ2v) is 8.17. The van der Waals surface area contributed by atoms with Gasteiger partial charge in [0.25, 0.3) is 0 Å². The minimum absolute atomic E-state index is 0.332. The molecular weight excluding hydrogens is 463 g/mol. The van der Waals surface area contributed by atoms with Crippen molar-refractivity contribution in [1.82, 2.24) is 19.3 Å². The maximum Gasteiger partial charge on any atom is 0.247 e. The summed E-state index contributed by atoms with van der Waals surface area (Å²) in [6, 6.07) is 9.71. The van der Waals surface area contributed by atoms with Crippen LogP contribution in [-0.2, 0) is 4.79 Å². The molecule has 9 nitrogen and oxygen atoms in total. The molecule has 0 atom stereocenters. The predicted molar refractivity (Wildman–Crippen MR) is 138 cm³/mol. The van der Waals surface area contributed by atoms with Gasteiger partial charge >= 0.3 is 0 Å². The third-order valence-electron chi connectivity index (χ3n) is 5.32. The van der Waals surface area contributed by atoms with Crippen molar-refractivity contribution in [2.24, 2.45) is 0 Å². The van der Waals surface area contributed by atoms with Gasteiger partial charge in [-0.1, -0.05) is 18.7 Å². The Labute approximate surface area is 208 Å². The topological polar surface area (TPSA) is 93.0 Å². The molecule has 2 heterocycles. The van der Waals surface area contributed by atoms with E-state index in [4.69, 9.17) is 9.47 Å². The lowest BCUT2D eigenvalue weighted by Gasteiger charge is -2.18. The first-order chi connectivity index (χ1) is 17.4. The van der Waals surface area contributed by atoms with Gasteiger partial charge in [-0.15, -0.1) is 0 Å². The zero-order chi connectivity index (χ0) is 25.7. The number of hydrogen-bond donors (Lipinski definition) is 2. The molecule has 0 bridgehead atoms. The number of carbonyl (C=O) groups excluding carboxylic acids is 1. The van der Waals surface area contributed by atoms with Crippen LogP contribution in [0.5, 0.6) is 11.5 Å². The van der Waals surface area contributed by atoms with Gasteiger partial charge in [0.05, 0.1) is 42.8 Å². The van der Waals surface area contributed by atoms with Crippen LogP contribution in [0.1, 0.15) is 0 Å². The van der Waals surface area contributed by atoms with Crippen molar-refractivity contribution >= 4 is 28.7 Å². The van der Waals surface area contributed by atoms with Crippen molar-refractivity contribution in [2.75, 3.05) is 45.0 Å². The SMILES string of the molecule is C=CC(=O)Nc1cc(Nc2cn3c(-c4cccc(F)c4)cnc3cn2)c(OC)cc1OCCN(C)C. The standard InChI is InChI=1S/C26H27FN6O3/c1-5-26(34)31-20-12-19(22(35-4)13-23(20)36-10-9-32(2)3)30-24-16-33-21(14-29-25(33)15-28-24)17-7-6-8-18(27)11-17/h5-8,11-16,30H,1,9-10H2,2-4H3,(H,31,34). The molecule has 0 aliphatic heterocycles. The number of methoxy groups -OCH3 is 1. The lowest BCUT2D eigenvalue weighted by atomic mass is 10.1. The van der Waals surface area contributed by atoms with E-state index in [1.807, 2.05) is 29.5 Å². The summed E-state index contributed by atoms with van der Waals surface area (Å²) < 4.78 is 27.1. The molecule has 2 aromatic heterocycles. The van der Waals surface area contributed by atoms with Gasteiger partial charge in [0.2, 0.25) is 5.91 Å². The summed E-state index contributed by atoms with van der Waals surface area (Å²) in [7, 11) is 5.43. The number of ether oxygens (including phenoxy) is 2. The summed E-state index contributed by atoms with van der Waals surface area (Å²) in [4.78, 5) is 22.8. The Morgan fingerprint density at radius 2 is 2.00 bits per heavy atom. The molecule has 4 rings (SSSR count). The third kappa shape index (κ3) is 5.61. The number of nitrogens with zero attached hydrogens (tertiary/aromatic N) is 4. The van der Waals surface area contributed by atoms with Crippen molar-refractivity contribution in [3.63, 3.8) is 0 Å². The van der Waals surface area contributed by atoms with Gasteiger partial charge in [-0.05, 0) is 38.4 Å². The van der Waals surface area contributed by atoms with Gasteiger partial charge in [0.1, 0.15) is 29.7 Å². The fourth-order valence-corrected chi connectivity index (χ4v) is 3.52. The molecule has 2 aromatic carbocycles. The summed E-state index contributed by atoms with van der Waals surface area (Å²) >= 11 is 0. The molecule has 186 valence electrons. The first-order valence-electron chi connectivity index (χ1n) is 11.2. The van der Waals surface area contributed by atoms with E-state index in [9.17, 15) is 9.18 Å². The number of benzene rings is 2. The monoisotopic (exact) mass is 490 g/mol. The van der Waals surface area contributed by atoms with Crippen LogP contribution in [0.25, 0.3) is 16.9 Å². The average molecular weight is 491 g/mol. The highest BCUT2D eigenvalue weighted by atomic mass is 19.1. The number of nitrogens with one attached hydrogen (secondary N) is 2. The molecule has 0 radical (unpaired) electrons. The second kappa shape index (κ2) is 10.9. The van der Waals surface area contributed by atoms with E-state index in [-0.39, 0.29) is 11.7 Å². The number of likely N-dealkylation sites (N-methyl/N-ethyl adjacent to an activating group) is 1. The van der Waals surface area contributed by atoms with Crippen LogP contribution in [0, 0.1) is 5.82 Å². The van der Waals surface area contributed by atoms with Crippen LogP contribution in [-0.4, -0.2) is 59.5 Å². The molecule has 0 spiro atoms. The number of fused-ring (bicyclic) bond motifs is 1. The minimum atomic E-state index is -0.374. The van der Waals surface area contributed by atoms with Gasteiger partial charge in [-0.25, -0.2) is 14.4 Å². The van der Waals surface area contributed by atoms with E-state index >= 15 is 0 Å². The highest BCUT2D eigenvalue weighted by molar-refractivity contribution is 6.00. The van der Waals surface area contributed by atoms with E-state index < -0.39 is 0 Å². The average Bonchev–Trinajstić information content (AvgIpc) is 3.28. The van der Waals surface area contributed by atoms with Crippen molar-refractivity contribution < 1.29 is 18.7 Å². The first kappa shape index (κ1) is 24.7. The summed E-state index contributed by atoms with van der Waals surface area (Å²) in [5.74, 6) is 0.728. The molecule has 2 N–H and O–H groups in total. The smallest absolute Gasteiger partial charge is 0.247 e. The first-order valence-corrected chi connectivity index (χ1v) is 11.2. The van der Waals surface area contributed by atoms with Crippen LogP contribution in [0.15, 0.2) is 67.6 Å².